The van der Waals surface area contributed by atoms with Gasteiger partial charge in [0.05, 0.1) is 6.42 Å². The zero-order chi connectivity index (χ0) is 28.3. The van der Waals surface area contributed by atoms with Gasteiger partial charge in [0.2, 0.25) is 0 Å². The van der Waals surface area contributed by atoms with E-state index in [-0.39, 0.29) is 13.0 Å². The molecule has 38 heavy (non-hydrogen) atoms. The smallest absolute Gasteiger partial charge is 0.335 e. The Labute approximate surface area is 230 Å². The molecule has 0 aromatic carbocycles. The summed E-state index contributed by atoms with van der Waals surface area (Å²) in [4.78, 5) is 33.6. The molecule has 0 aliphatic carbocycles. The SMILES string of the molecule is CCCCCCCCCCCCCCCCCCCCCCC(=O)OCC(O)COC(=O)C(O)CC(=O)O. The lowest BCUT2D eigenvalue weighted by Gasteiger charge is -2.13. The molecule has 0 heterocycles. The summed E-state index contributed by atoms with van der Waals surface area (Å²) in [5.41, 5.74) is 0. The van der Waals surface area contributed by atoms with E-state index in [0.717, 1.165) is 19.3 Å². The summed E-state index contributed by atoms with van der Waals surface area (Å²) in [6.45, 7) is 1.47. The Bertz CT molecular complexity index is 581. The van der Waals surface area contributed by atoms with Crippen molar-refractivity contribution in [3.63, 3.8) is 0 Å². The number of aliphatic hydroxyl groups excluding tert-OH is 2. The van der Waals surface area contributed by atoms with E-state index in [1.54, 1.807) is 0 Å². The average Bonchev–Trinajstić information content (AvgIpc) is 2.88. The molecule has 0 aliphatic heterocycles. The van der Waals surface area contributed by atoms with E-state index in [2.05, 4.69) is 11.7 Å². The van der Waals surface area contributed by atoms with Gasteiger partial charge in [-0.3, -0.25) is 9.59 Å². The van der Waals surface area contributed by atoms with Crippen molar-refractivity contribution in [1.82, 2.24) is 0 Å². The predicted molar refractivity (Wildman–Crippen MR) is 149 cm³/mol. The minimum atomic E-state index is -1.79. The molecule has 8 nitrogen and oxygen atoms in total. The Morgan fingerprint density at radius 3 is 1.34 bits per heavy atom. The lowest BCUT2D eigenvalue weighted by Crippen LogP contribution is -2.31. The number of carbonyl (C=O) groups excluding carboxylic acids is 2. The molecule has 8 heteroatoms. The van der Waals surface area contributed by atoms with Crippen molar-refractivity contribution < 1.29 is 39.2 Å². The van der Waals surface area contributed by atoms with Gasteiger partial charge < -0.3 is 24.8 Å². The van der Waals surface area contributed by atoms with Crippen LogP contribution in [-0.4, -0.2) is 58.6 Å². The Kier molecular flexibility index (Phi) is 25.7. The summed E-state index contributed by atoms with van der Waals surface area (Å²) in [7, 11) is 0. The van der Waals surface area contributed by atoms with Crippen molar-refractivity contribution in [3.8, 4) is 0 Å². The maximum atomic E-state index is 11.8. The van der Waals surface area contributed by atoms with Gasteiger partial charge in [0.15, 0.2) is 6.10 Å². The summed E-state index contributed by atoms with van der Waals surface area (Å²) in [5, 5.41) is 27.5. The molecule has 0 rings (SSSR count). The number of aliphatic hydroxyl groups is 2. The molecule has 0 aromatic heterocycles. The summed E-state index contributed by atoms with van der Waals surface area (Å²) in [5.74, 6) is -2.89. The van der Waals surface area contributed by atoms with E-state index >= 15 is 0 Å². The number of unbranched alkanes of at least 4 members (excludes halogenated alkanes) is 19. The van der Waals surface area contributed by atoms with Gasteiger partial charge >= 0.3 is 17.9 Å². The van der Waals surface area contributed by atoms with Crippen LogP contribution in [0.1, 0.15) is 148 Å². The quantitative estimate of drug-likeness (QED) is 0.0753. The monoisotopic (exact) mass is 544 g/mol. The molecule has 2 unspecified atom stereocenters. The van der Waals surface area contributed by atoms with Crippen LogP contribution in [0.5, 0.6) is 0 Å². The minimum absolute atomic E-state index is 0.281. The summed E-state index contributed by atoms with van der Waals surface area (Å²) >= 11 is 0. The van der Waals surface area contributed by atoms with Gasteiger partial charge in [-0.25, -0.2) is 4.79 Å². The van der Waals surface area contributed by atoms with Crippen LogP contribution in [0.4, 0.5) is 0 Å². The van der Waals surface area contributed by atoms with Crippen LogP contribution in [0, 0.1) is 0 Å². The number of esters is 2. The largest absolute Gasteiger partial charge is 0.481 e. The summed E-state index contributed by atoms with van der Waals surface area (Å²) in [6.07, 6.45) is 22.5. The van der Waals surface area contributed by atoms with E-state index < -0.39 is 43.1 Å². The lowest BCUT2D eigenvalue weighted by molar-refractivity contribution is -0.162. The van der Waals surface area contributed by atoms with Crippen molar-refractivity contribution >= 4 is 17.9 Å². The van der Waals surface area contributed by atoms with Crippen LogP contribution in [-0.2, 0) is 23.9 Å². The number of carbonyl (C=O) groups is 3. The van der Waals surface area contributed by atoms with Crippen LogP contribution in [0.3, 0.4) is 0 Å². The first-order valence-electron chi connectivity index (χ1n) is 15.3. The molecule has 0 amide bonds. The summed E-state index contributed by atoms with van der Waals surface area (Å²) in [6, 6.07) is 0. The van der Waals surface area contributed by atoms with E-state index in [1.165, 1.54) is 109 Å². The topological polar surface area (TPSA) is 130 Å². The van der Waals surface area contributed by atoms with Gasteiger partial charge in [-0.15, -0.1) is 0 Å². The molecular weight excluding hydrogens is 488 g/mol. The Morgan fingerprint density at radius 1 is 0.579 bits per heavy atom. The first-order chi connectivity index (χ1) is 18.4. The number of hydrogen-bond donors (Lipinski definition) is 3. The van der Waals surface area contributed by atoms with Crippen molar-refractivity contribution in [1.29, 1.82) is 0 Å². The second kappa shape index (κ2) is 26.9. The minimum Gasteiger partial charge on any atom is -0.481 e. The second-order valence-electron chi connectivity index (χ2n) is 10.5. The fourth-order valence-electron chi connectivity index (χ4n) is 4.36. The Hall–Kier alpha value is -1.67. The molecular formula is C30H56O8. The van der Waals surface area contributed by atoms with Gasteiger partial charge in [-0.2, -0.15) is 0 Å². The summed E-state index contributed by atoms with van der Waals surface area (Å²) < 4.78 is 9.58. The van der Waals surface area contributed by atoms with Crippen LogP contribution in [0.2, 0.25) is 0 Å². The Balaban J connectivity index is 3.36. The standard InChI is InChI=1S/C30H56O8/c1-2-3-4-5-6-7-8-9-10-11-12-13-14-15-16-17-18-19-20-21-22-29(35)37-24-26(31)25-38-30(36)27(32)23-28(33)34/h26-27,31-32H,2-25H2,1H3,(H,33,34). The number of ether oxygens (including phenoxy) is 2. The molecule has 0 fully saturated rings. The van der Waals surface area contributed by atoms with Crippen LogP contribution >= 0.6 is 0 Å². The normalized spacial score (nSPS) is 12.7. The van der Waals surface area contributed by atoms with E-state index in [4.69, 9.17) is 9.84 Å². The van der Waals surface area contributed by atoms with Gasteiger partial charge in [-0.05, 0) is 6.42 Å². The van der Waals surface area contributed by atoms with Crippen molar-refractivity contribution in [2.24, 2.45) is 0 Å². The first-order valence-corrected chi connectivity index (χ1v) is 15.3. The number of aliphatic carboxylic acids is 1. The highest BCUT2D eigenvalue weighted by Crippen LogP contribution is 2.15. The molecule has 0 aromatic rings. The second-order valence-corrected chi connectivity index (χ2v) is 10.5. The lowest BCUT2D eigenvalue weighted by atomic mass is 10.0. The highest BCUT2D eigenvalue weighted by Gasteiger charge is 2.21. The zero-order valence-electron chi connectivity index (χ0n) is 24.0. The molecule has 224 valence electrons. The highest BCUT2D eigenvalue weighted by molar-refractivity contribution is 5.80. The molecule has 2 atom stereocenters. The van der Waals surface area contributed by atoms with E-state index in [0.29, 0.717) is 0 Å². The Morgan fingerprint density at radius 2 is 0.947 bits per heavy atom. The zero-order valence-corrected chi connectivity index (χ0v) is 24.0. The average molecular weight is 545 g/mol. The van der Waals surface area contributed by atoms with Crippen molar-refractivity contribution in [2.45, 2.75) is 160 Å². The third-order valence-corrected chi connectivity index (χ3v) is 6.73. The molecule has 0 saturated heterocycles. The van der Waals surface area contributed by atoms with Crippen LogP contribution in [0.25, 0.3) is 0 Å². The number of carboxylic acids is 1. The molecule has 0 aliphatic rings. The number of carboxylic acid groups (broad SMARTS) is 1. The molecule has 0 radical (unpaired) electrons. The first kappa shape index (κ1) is 36.3. The van der Waals surface area contributed by atoms with Gasteiger partial charge in [0, 0.05) is 6.42 Å². The third kappa shape index (κ3) is 26.0. The van der Waals surface area contributed by atoms with Gasteiger partial charge in [-0.1, -0.05) is 129 Å². The highest BCUT2D eigenvalue weighted by atomic mass is 16.6. The predicted octanol–water partition coefficient (Wildman–Crippen LogP) is 6.48. The molecule has 0 saturated carbocycles. The number of rotatable bonds is 28. The van der Waals surface area contributed by atoms with Crippen LogP contribution < -0.4 is 0 Å². The maximum Gasteiger partial charge on any atom is 0.335 e. The third-order valence-electron chi connectivity index (χ3n) is 6.73. The van der Waals surface area contributed by atoms with E-state index in [9.17, 15) is 24.6 Å². The van der Waals surface area contributed by atoms with Crippen LogP contribution in [0.15, 0.2) is 0 Å². The van der Waals surface area contributed by atoms with Crippen molar-refractivity contribution in [3.05, 3.63) is 0 Å². The molecule has 0 bridgehead atoms. The van der Waals surface area contributed by atoms with Gasteiger partial charge in [0.25, 0.3) is 0 Å². The number of hydrogen-bond acceptors (Lipinski definition) is 7. The molecule has 0 spiro atoms. The maximum absolute atomic E-state index is 11.8. The van der Waals surface area contributed by atoms with Gasteiger partial charge in [0.1, 0.15) is 19.3 Å². The van der Waals surface area contributed by atoms with E-state index in [1.807, 2.05) is 0 Å². The molecule has 3 N–H and O–H groups in total. The van der Waals surface area contributed by atoms with Crippen molar-refractivity contribution in [2.75, 3.05) is 13.2 Å². The fourth-order valence-corrected chi connectivity index (χ4v) is 4.36. The fraction of sp³-hybridized carbons (Fsp3) is 0.900.